The molecule has 3 nitrogen and oxygen atoms in total. The van der Waals surface area contributed by atoms with Crippen molar-refractivity contribution in [3.63, 3.8) is 0 Å². The third-order valence-electron chi connectivity index (χ3n) is 1.74. The lowest BCUT2D eigenvalue weighted by Crippen LogP contribution is -2.28. The van der Waals surface area contributed by atoms with E-state index in [1.807, 2.05) is 25.1 Å². The maximum Gasteiger partial charge on any atom is 0.232 e. The third-order valence-corrected chi connectivity index (χ3v) is 1.74. The number of rotatable bonds is 0. The van der Waals surface area contributed by atoms with Gasteiger partial charge >= 0.3 is 0 Å². The van der Waals surface area contributed by atoms with Crippen molar-refractivity contribution in [2.75, 3.05) is 6.61 Å². The monoisotopic (exact) mass is 166 g/mol. The minimum Gasteiger partial charge on any atom is -0.483 e. The molecule has 1 aliphatic rings. The first-order valence-corrected chi connectivity index (χ1v) is 3.84. The van der Waals surface area contributed by atoms with E-state index < -0.39 is 6.29 Å². The van der Waals surface area contributed by atoms with Crippen molar-refractivity contribution in [1.29, 1.82) is 0 Å². The Bertz CT molecular complexity index is 296. The van der Waals surface area contributed by atoms with E-state index in [1.165, 1.54) is 0 Å². The number of benzene rings is 1. The fourth-order valence-corrected chi connectivity index (χ4v) is 1.17. The Morgan fingerprint density at radius 1 is 1.42 bits per heavy atom. The molecule has 0 radical (unpaired) electrons. The predicted octanol–water partition coefficient (Wildman–Crippen LogP) is 1.08. The maximum atomic E-state index is 9.10. The summed E-state index contributed by atoms with van der Waals surface area (Å²) in [7, 11) is 0. The first-order valence-electron chi connectivity index (χ1n) is 3.84. The lowest BCUT2D eigenvalue weighted by atomic mass is 10.2. The number of hydrogen-bond donors (Lipinski definition) is 1. The van der Waals surface area contributed by atoms with E-state index in [0.717, 1.165) is 5.56 Å². The average molecular weight is 166 g/mol. The lowest BCUT2D eigenvalue weighted by Gasteiger charge is -2.22. The Kier molecular flexibility index (Phi) is 1.66. The molecule has 2 rings (SSSR count). The van der Waals surface area contributed by atoms with Crippen molar-refractivity contribution in [2.24, 2.45) is 0 Å². The van der Waals surface area contributed by atoms with Crippen molar-refractivity contribution in [3.05, 3.63) is 23.8 Å². The Labute approximate surface area is 70.5 Å². The first-order chi connectivity index (χ1) is 5.75. The van der Waals surface area contributed by atoms with Gasteiger partial charge in [-0.15, -0.1) is 0 Å². The van der Waals surface area contributed by atoms with E-state index in [-0.39, 0.29) is 6.61 Å². The van der Waals surface area contributed by atoms with Gasteiger partial charge in [0.25, 0.3) is 0 Å². The molecular formula is C9H10O3. The van der Waals surface area contributed by atoms with Crippen molar-refractivity contribution >= 4 is 0 Å². The molecule has 1 aliphatic heterocycles. The van der Waals surface area contributed by atoms with E-state index in [0.29, 0.717) is 11.5 Å². The van der Waals surface area contributed by atoms with Crippen molar-refractivity contribution in [3.8, 4) is 11.5 Å². The second kappa shape index (κ2) is 2.68. The summed E-state index contributed by atoms with van der Waals surface area (Å²) in [6, 6.07) is 5.63. The van der Waals surface area contributed by atoms with E-state index in [4.69, 9.17) is 14.6 Å². The number of aliphatic hydroxyl groups excluding tert-OH is 1. The molecule has 0 bridgehead atoms. The zero-order valence-electron chi connectivity index (χ0n) is 6.78. The molecule has 0 saturated carbocycles. The van der Waals surface area contributed by atoms with Crippen molar-refractivity contribution in [1.82, 2.24) is 0 Å². The topological polar surface area (TPSA) is 38.7 Å². The summed E-state index contributed by atoms with van der Waals surface area (Å²) >= 11 is 0. The molecule has 64 valence electrons. The minimum absolute atomic E-state index is 0.204. The summed E-state index contributed by atoms with van der Waals surface area (Å²) in [6.07, 6.45) is -0.834. The molecule has 0 spiro atoms. The standard InChI is InChI=1S/C9H10O3/c1-6-2-3-7-8(4-6)12-9(10)5-11-7/h2-4,9-10H,5H2,1H3. The summed E-state index contributed by atoms with van der Waals surface area (Å²) in [6.45, 7) is 2.17. The van der Waals surface area contributed by atoms with E-state index in [1.54, 1.807) is 0 Å². The Morgan fingerprint density at radius 2 is 2.25 bits per heavy atom. The van der Waals surface area contributed by atoms with E-state index in [2.05, 4.69) is 0 Å². The highest BCUT2D eigenvalue weighted by Crippen LogP contribution is 2.31. The fraction of sp³-hybridized carbons (Fsp3) is 0.333. The number of aryl methyl sites for hydroxylation is 1. The second-order valence-corrected chi connectivity index (χ2v) is 2.83. The molecule has 1 aromatic carbocycles. The number of ether oxygens (including phenoxy) is 2. The Balaban J connectivity index is 2.37. The highest BCUT2D eigenvalue weighted by Gasteiger charge is 2.17. The van der Waals surface area contributed by atoms with Crippen LogP contribution in [0.15, 0.2) is 18.2 Å². The van der Waals surface area contributed by atoms with Gasteiger partial charge in [0.15, 0.2) is 18.1 Å². The third kappa shape index (κ3) is 1.23. The molecule has 1 N–H and O–H groups in total. The summed E-state index contributed by atoms with van der Waals surface area (Å²) in [5, 5.41) is 9.10. The fourth-order valence-electron chi connectivity index (χ4n) is 1.17. The van der Waals surface area contributed by atoms with Crippen LogP contribution in [0.25, 0.3) is 0 Å². The normalized spacial score (nSPS) is 20.7. The van der Waals surface area contributed by atoms with Gasteiger partial charge in [0.1, 0.15) is 0 Å². The predicted molar refractivity (Wildman–Crippen MR) is 43.3 cm³/mol. The molecule has 0 saturated heterocycles. The molecule has 1 unspecified atom stereocenters. The molecule has 3 heteroatoms. The molecule has 0 aromatic heterocycles. The SMILES string of the molecule is Cc1ccc2c(c1)OC(O)CO2. The van der Waals surface area contributed by atoms with E-state index in [9.17, 15) is 0 Å². The van der Waals surface area contributed by atoms with Crippen molar-refractivity contribution < 1.29 is 14.6 Å². The van der Waals surface area contributed by atoms with Gasteiger partial charge in [-0.05, 0) is 24.6 Å². The molecular weight excluding hydrogens is 156 g/mol. The molecule has 0 amide bonds. The van der Waals surface area contributed by atoms with Gasteiger partial charge in [0, 0.05) is 0 Å². The van der Waals surface area contributed by atoms with E-state index >= 15 is 0 Å². The van der Waals surface area contributed by atoms with Crippen LogP contribution in [0, 0.1) is 6.92 Å². The van der Waals surface area contributed by atoms with Crippen LogP contribution in [-0.4, -0.2) is 18.0 Å². The largest absolute Gasteiger partial charge is 0.483 e. The molecule has 1 aromatic rings. The average Bonchev–Trinajstić information content (AvgIpc) is 2.03. The van der Waals surface area contributed by atoms with Crippen molar-refractivity contribution in [2.45, 2.75) is 13.2 Å². The maximum absolute atomic E-state index is 9.10. The highest BCUT2D eigenvalue weighted by molar-refractivity contribution is 5.43. The van der Waals surface area contributed by atoms with Gasteiger partial charge in [-0.3, -0.25) is 0 Å². The highest BCUT2D eigenvalue weighted by atomic mass is 16.7. The number of aliphatic hydroxyl groups is 1. The van der Waals surface area contributed by atoms with Crippen LogP contribution >= 0.6 is 0 Å². The van der Waals surface area contributed by atoms with Gasteiger partial charge in [0.2, 0.25) is 6.29 Å². The minimum atomic E-state index is -0.834. The van der Waals surface area contributed by atoms with Crippen LogP contribution in [0.2, 0.25) is 0 Å². The van der Waals surface area contributed by atoms with Gasteiger partial charge in [-0.25, -0.2) is 0 Å². The number of hydrogen-bond acceptors (Lipinski definition) is 3. The van der Waals surface area contributed by atoms with Crippen LogP contribution in [0.3, 0.4) is 0 Å². The van der Waals surface area contributed by atoms with Crippen LogP contribution in [0.4, 0.5) is 0 Å². The number of fused-ring (bicyclic) bond motifs is 1. The molecule has 0 aliphatic carbocycles. The Hall–Kier alpha value is -1.22. The molecule has 0 fully saturated rings. The summed E-state index contributed by atoms with van der Waals surface area (Å²) in [5.74, 6) is 1.32. The lowest BCUT2D eigenvalue weighted by molar-refractivity contribution is -0.0670. The van der Waals surface area contributed by atoms with Gasteiger partial charge < -0.3 is 14.6 Å². The van der Waals surface area contributed by atoms with Crippen LogP contribution in [0.5, 0.6) is 11.5 Å². The summed E-state index contributed by atoms with van der Waals surface area (Å²) in [5.41, 5.74) is 1.09. The van der Waals surface area contributed by atoms with Crippen LogP contribution in [0.1, 0.15) is 5.56 Å². The van der Waals surface area contributed by atoms with Crippen LogP contribution < -0.4 is 9.47 Å². The quantitative estimate of drug-likeness (QED) is 0.626. The zero-order chi connectivity index (χ0) is 8.55. The molecule has 1 atom stereocenters. The smallest absolute Gasteiger partial charge is 0.232 e. The molecule has 1 heterocycles. The van der Waals surface area contributed by atoms with Crippen LogP contribution in [-0.2, 0) is 0 Å². The first kappa shape index (κ1) is 7.43. The second-order valence-electron chi connectivity index (χ2n) is 2.83. The van der Waals surface area contributed by atoms with Gasteiger partial charge in [0.05, 0.1) is 0 Å². The van der Waals surface area contributed by atoms with Gasteiger partial charge in [-0.2, -0.15) is 0 Å². The Morgan fingerprint density at radius 3 is 3.08 bits per heavy atom. The summed E-state index contributed by atoms with van der Waals surface area (Å²) in [4.78, 5) is 0. The zero-order valence-corrected chi connectivity index (χ0v) is 6.78. The summed E-state index contributed by atoms with van der Waals surface area (Å²) < 4.78 is 10.4. The van der Waals surface area contributed by atoms with Gasteiger partial charge in [-0.1, -0.05) is 6.07 Å². The molecule has 12 heavy (non-hydrogen) atoms.